The number of nitrogens with one attached hydrogen (secondary N) is 2. The number of amides is 2. The number of aryl methyl sites for hydroxylation is 2. The van der Waals surface area contributed by atoms with Crippen molar-refractivity contribution >= 4 is 23.2 Å². The van der Waals surface area contributed by atoms with Gasteiger partial charge in [-0.15, -0.1) is 0 Å². The molecule has 6 heteroatoms. The van der Waals surface area contributed by atoms with Crippen LogP contribution in [0, 0.1) is 13.8 Å². The summed E-state index contributed by atoms with van der Waals surface area (Å²) in [5.41, 5.74) is 4.03. The van der Waals surface area contributed by atoms with Gasteiger partial charge < -0.3 is 10.6 Å². The van der Waals surface area contributed by atoms with Gasteiger partial charge in [0, 0.05) is 29.3 Å². The fraction of sp³-hybridized carbons (Fsp3) is 0.190. The quantitative estimate of drug-likeness (QED) is 0.721. The zero-order valence-electron chi connectivity index (χ0n) is 15.6. The Morgan fingerprint density at radius 2 is 1.70 bits per heavy atom. The van der Waals surface area contributed by atoms with Gasteiger partial charge in [-0.1, -0.05) is 12.1 Å². The molecule has 1 atom stereocenters. The first kappa shape index (κ1) is 18.4. The Hall–Kier alpha value is -3.41. The monoisotopic (exact) mass is 362 g/mol. The molecule has 0 fully saturated rings. The van der Waals surface area contributed by atoms with Gasteiger partial charge in [-0.3, -0.25) is 14.3 Å². The van der Waals surface area contributed by atoms with Crippen LogP contribution in [0.2, 0.25) is 0 Å². The highest BCUT2D eigenvalue weighted by atomic mass is 16.2. The van der Waals surface area contributed by atoms with E-state index in [1.807, 2.05) is 26.0 Å². The Morgan fingerprint density at radius 1 is 0.963 bits per heavy atom. The molecule has 0 spiro atoms. The van der Waals surface area contributed by atoms with Gasteiger partial charge >= 0.3 is 0 Å². The van der Waals surface area contributed by atoms with Gasteiger partial charge in [0.1, 0.15) is 6.04 Å². The van der Waals surface area contributed by atoms with Crippen molar-refractivity contribution in [3.63, 3.8) is 0 Å². The van der Waals surface area contributed by atoms with Gasteiger partial charge in [-0.05, 0) is 68.3 Å². The minimum atomic E-state index is -0.436. The highest BCUT2D eigenvalue weighted by molar-refractivity contribution is 6.05. The molecule has 138 valence electrons. The smallest absolute Gasteiger partial charge is 0.255 e. The predicted molar refractivity (Wildman–Crippen MR) is 106 cm³/mol. The molecule has 0 saturated heterocycles. The van der Waals surface area contributed by atoms with Crippen molar-refractivity contribution in [2.45, 2.75) is 26.8 Å². The van der Waals surface area contributed by atoms with Crippen LogP contribution in [0.1, 0.15) is 34.5 Å². The molecule has 3 aromatic rings. The van der Waals surface area contributed by atoms with Gasteiger partial charge in [0.2, 0.25) is 5.91 Å². The summed E-state index contributed by atoms with van der Waals surface area (Å²) in [4.78, 5) is 24.8. The van der Waals surface area contributed by atoms with E-state index in [4.69, 9.17) is 0 Å². The Labute approximate surface area is 158 Å². The SMILES string of the molecule is Cc1ccc(C(=O)Nc2cccc(NC(=O)[C@H](C)n3cccn3)c2)cc1C. The number of hydrogen-bond donors (Lipinski definition) is 2. The van der Waals surface area contributed by atoms with E-state index >= 15 is 0 Å². The van der Waals surface area contributed by atoms with Crippen LogP contribution < -0.4 is 10.6 Å². The zero-order valence-corrected chi connectivity index (χ0v) is 15.6. The molecule has 27 heavy (non-hydrogen) atoms. The van der Waals surface area contributed by atoms with Crippen molar-refractivity contribution in [1.82, 2.24) is 9.78 Å². The van der Waals surface area contributed by atoms with Crippen LogP contribution in [0.25, 0.3) is 0 Å². The van der Waals surface area contributed by atoms with E-state index < -0.39 is 6.04 Å². The Morgan fingerprint density at radius 3 is 2.37 bits per heavy atom. The number of hydrogen-bond acceptors (Lipinski definition) is 3. The summed E-state index contributed by atoms with van der Waals surface area (Å²) in [6, 6.07) is 14.0. The van der Waals surface area contributed by atoms with Crippen molar-refractivity contribution in [3.8, 4) is 0 Å². The second kappa shape index (κ2) is 7.86. The highest BCUT2D eigenvalue weighted by Gasteiger charge is 2.15. The Bertz CT molecular complexity index is 964. The van der Waals surface area contributed by atoms with Crippen LogP contribution in [-0.4, -0.2) is 21.6 Å². The minimum Gasteiger partial charge on any atom is -0.324 e. The third-order valence-electron chi connectivity index (χ3n) is 4.46. The largest absolute Gasteiger partial charge is 0.324 e. The van der Waals surface area contributed by atoms with Crippen molar-refractivity contribution in [2.75, 3.05) is 10.6 Å². The summed E-state index contributed by atoms with van der Waals surface area (Å²) < 4.78 is 1.58. The lowest BCUT2D eigenvalue weighted by molar-refractivity contribution is -0.119. The first-order valence-electron chi connectivity index (χ1n) is 8.72. The Balaban J connectivity index is 1.69. The molecular formula is C21H22N4O2. The van der Waals surface area contributed by atoms with Crippen LogP contribution in [-0.2, 0) is 4.79 Å². The number of anilines is 2. The maximum absolute atomic E-state index is 12.5. The van der Waals surface area contributed by atoms with Gasteiger partial charge in [-0.25, -0.2) is 0 Å². The molecule has 0 aliphatic rings. The van der Waals surface area contributed by atoms with E-state index in [-0.39, 0.29) is 11.8 Å². The van der Waals surface area contributed by atoms with Gasteiger partial charge in [0.25, 0.3) is 5.91 Å². The van der Waals surface area contributed by atoms with E-state index in [1.165, 1.54) is 0 Å². The lowest BCUT2D eigenvalue weighted by Crippen LogP contribution is -2.24. The number of benzene rings is 2. The molecule has 2 amide bonds. The van der Waals surface area contributed by atoms with Crippen molar-refractivity contribution in [1.29, 1.82) is 0 Å². The van der Waals surface area contributed by atoms with Crippen molar-refractivity contribution in [3.05, 3.63) is 77.6 Å². The van der Waals surface area contributed by atoms with E-state index in [1.54, 1.807) is 60.4 Å². The van der Waals surface area contributed by atoms with Gasteiger partial charge in [-0.2, -0.15) is 5.10 Å². The molecule has 2 N–H and O–H groups in total. The topological polar surface area (TPSA) is 76.0 Å². The maximum atomic E-state index is 12.5. The van der Waals surface area contributed by atoms with E-state index in [0.717, 1.165) is 11.1 Å². The number of carbonyl (C=O) groups excluding carboxylic acids is 2. The van der Waals surface area contributed by atoms with Crippen LogP contribution in [0.3, 0.4) is 0 Å². The highest BCUT2D eigenvalue weighted by Crippen LogP contribution is 2.18. The molecule has 0 bridgehead atoms. The molecule has 2 aromatic carbocycles. The van der Waals surface area contributed by atoms with Crippen molar-refractivity contribution < 1.29 is 9.59 Å². The predicted octanol–water partition coefficient (Wildman–Crippen LogP) is 3.95. The van der Waals surface area contributed by atoms with Gasteiger partial charge in [0.15, 0.2) is 0 Å². The third kappa shape index (κ3) is 4.41. The maximum Gasteiger partial charge on any atom is 0.255 e. The molecule has 0 aliphatic heterocycles. The average Bonchev–Trinajstić information content (AvgIpc) is 3.18. The standard InChI is InChI=1S/C21H22N4O2/c1-14-8-9-17(12-15(14)2)21(27)24-19-7-4-6-18(13-19)23-20(26)16(3)25-11-5-10-22-25/h4-13,16H,1-3H3,(H,23,26)(H,24,27)/t16-/m0/s1. The first-order valence-corrected chi connectivity index (χ1v) is 8.72. The third-order valence-corrected chi connectivity index (χ3v) is 4.46. The molecule has 3 rings (SSSR count). The van der Waals surface area contributed by atoms with Crippen LogP contribution in [0.4, 0.5) is 11.4 Å². The van der Waals surface area contributed by atoms with Crippen molar-refractivity contribution in [2.24, 2.45) is 0 Å². The molecule has 0 unspecified atom stereocenters. The van der Waals surface area contributed by atoms with Gasteiger partial charge in [0.05, 0.1) is 0 Å². The normalized spacial score (nSPS) is 11.7. The summed E-state index contributed by atoms with van der Waals surface area (Å²) in [6.45, 7) is 5.75. The fourth-order valence-corrected chi connectivity index (χ4v) is 2.64. The summed E-state index contributed by atoms with van der Waals surface area (Å²) >= 11 is 0. The number of carbonyl (C=O) groups is 2. The van der Waals surface area contributed by atoms with E-state index in [9.17, 15) is 9.59 Å². The van der Waals surface area contributed by atoms with Crippen LogP contribution in [0.5, 0.6) is 0 Å². The van der Waals surface area contributed by atoms with Crippen LogP contribution in [0.15, 0.2) is 60.9 Å². The molecule has 6 nitrogen and oxygen atoms in total. The summed E-state index contributed by atoms with van der Waals surface area (Å²) in [5, 5.41) is 9.80. The zero-order chi connectivity index (χ0) is 19.4. The lowest BCUT2D eigenvalue weighted by atomic mass is 10.1. The summed E-state index contributed by atoms with van der Waals surface area (Å²) in [5.74, 6) is -0.372. The average molecular weight is 362 g/mol. The summed E-state index contributed by atoms with van der Waals surface area (Å²) in [6.07, 6.45) is 3.37. The molecular weight excluding hydrogens is 340 g/mol. The lowest BCUT2D eigenvalue weighted by Gasteiger charge is -2.13. The second-order valence-corrected chi connectivity index (χ2v) is 6.49. The molecule has 0 radical (unpaired) electrons. The number of aromatic nitrogens is 2. The number of rotatable bonds is 5. The van der Waals surface area contributed by atoms with E-state index in [0.29, 0.717) is 16.9 Å². The second-order valence-electron chi connectivity index (χ2n) is 6.49. The summed E-state index contributed by atoms with van der Waals surface area (Å²) in [7, 11) is 0. The fourth-order valence-electron chi connectivity index (χ4n) is 2.64. The van der Waals surface area contributed by atoms with E-state index in [2.05, 4.69) is 15.7 Å². The Kier molecular flexibility index (Phi) is 5.35. The first-order chi connectivity index (χ1) is 12.9. The number of nitrogens with zero attached hydrogens (tertiary/aromatic N) is 2. The molecule has 0 saturated carbocycles. The molecule has 1 heterocycles. The minimum absolute atomic E-state index is 0.184. The van der Waals surface area contributed by atoms with Crippen LogP contribution >= 0.6 is 0 Å². The molecule has 1 aromatic heterocycles. The molecule has 0 aliphatic carbocycles.